The zero-order chi connectivity index (χ0) is 9.68. The molecule has 1 N–H and O–H groups in total. The maximum absolute atomic E-state index is 3.98. The quantitative estimate of drug-likeness (QED) is 0.714. The van der Waals surface area contributed by atoms with Gasteiger partial charge in [-0.25, -0.2) is 9.97 Å². The van der Waals surface area contributed by atoms with E-state index in [4.69, 9.17) is 0 Å². The lowest BCUT2D eigenvalue weighted by molar-refractivity contribution is 0.702. The van der Waals surface area contributed by atoms with Gasteiger partial charge in [0.05, 0.1) is 6.04 Å². The lowest BCUT2D eigenvalue weighted by Crippen LogP contribution is -2.14. The maximum Gasteiger partial charge on any atom is 0.115 e. The highest BCUT2D eigenvalue weighted by Crippen LogP contribution is 2.12. The molecule has 1 unspecified atom stereocenters. The minimum atomic E-state index is 0.214. The van der Waals surface area contributed by atoms with Crippen LogP contribution in [0.25, 0.3) is 0 Å². The van der Waals surface area contributed by atoms with Gasteiger partial charge in [-0.1, -0.05) is 11.6 Å². The molecule has 13 heavy (non-hydrogen) atoms. The molecule has 0 spiro atoms. The van der Waals surface area contributed by atoms with Crippen molar-refractivity contribution in [3.8, 4) is 0 Å². The molecule has 1 heterocycles. The van der Waals surface area contributed by atoms with Gasteiger partial charge in [0.25, 0.3) is 0 Å². The van der Waals surface area contributed by atoms with Gasteiger partial charge >= 0.3 is 0 Å². The third kappa shape index (κ3) is 2.95. The molecule has 3 heteroatoms. The van der Waals surface area contributed by atoms with E-state index in [-0.39, 0.29) is 6.04 Å². The summed E-state index contributed by atoms with van der Waals surface area (Å²) in [5.74, 6) is 0. The Kier molecular flexibility index (Phi) is 3.58. The predicted molar refractivity (Wildman–Crippen MR) is 53.3 cm³/mol. The third-order valence-electron chi connectivity index (χ3n) is 1.75. The third-order valence-corrected chi connectivity index (χ3v) is 1.75. The average molecular weight is 177 g/mol. The van der Waals surface area contributed by atoms with Crippen molar-refractivity contribution in [3.05, 3.63) is 35.9 Å². The monoisotopic (exact) mass is 177 g/mol. The molecule has 1 aromatic heterocycles. The van der Waals surface area contributed by atoms with E-state index in [1.807, 2.05) is 19.4 Å². The van der Waals surface area contributed by atoms with E-state index in [2.05, 4.69) is 35.2 Å². The standard InChI is InChI=1S/C10H15N3/c1-8(2)4-10(11-3)9-5-12-7-13-6-9/h4-7,10-11H,1-3H3. The first kappa shape index (κ1) is 9.86. The van der Waals surface area contributed by atoms with Gasteiger partial charge < -0.3 is 5.32 Å². The van der Waals surface area contributed by atoms with Crippen LogP contribution < -0.4 is 5.32 Å². The Morgan fingerprint density at radius 3 is 2.46 bits per heavy atom. The number of likely N-dealkylation sites (N-methyl/N-ethyl adjacent to an activating group) is 1. The van der Waals surface area contributed by atoms with Gasteiger partial charge in [-0.3, -0.25) is 0 Å². The molecule has 0 aliphatic rings. The first-order valence-electron chi connectivity index (χ1n) is 4.31. The first-order chi connectivity index (χ1) is 6.24. The van der Waals surface area contributed by atoms with Crippen molar-refractivity contribution in [1.29, 1.82) is 0 Å². The number of hydrogen-bond acceptors (Lipinski definition) is 3. The van der Waals surface area contributed by atoms with Crippen molar-refractivity contribution < 1.29 is 0 Å². The molecule has 0 aromatic carbocycles. The van der Waals surface area contributed by atoms with Gasteiger partial charge in [-0.15, -0.1) is 0 Å². The molecule has 1 rings (SSSR count). The number of aromatic nitrogens is 2. The summed E-state index contributed by atoms with van der Waals surface area (Å²) in [4.78, 5) is 7.96. The van der Waals surface area contributed by atoms with Crippen LogP contribution in [0.5, 0.6) is 0 Å². The summed E-state index contributed by atoms with van der Waals surface area (Å²) in [5, 5.41) is 3.19. The molecule has 1 atom stereocenters. The molecule has 0 radical (unpaired) electrons. The Morgan fingerprint density at radius 1 is 1.38 bits per heavy atom. The second kappa shape index (κ2) is 4.72. The molecule has 0 saturated carbocycles. The highest BCUT2D eigenvalue weighted by atomic mass is 14.9. The Labute approximate surface area is 78.9 Å². The molecule has 3 nitrogen and oxygen atoms in total. The van der Waals surface area contributed by atoms with Crippen LogP contribution in [0.3, 0.4) is 0 Å². The molecule has 0 fully saturated rings. The van der Waals surface area contributed by atoms with Gasteiger partial charge in [0.1, 0.15) is 6.33 Å². The fourth-order valence-corrected chi connectivity index (χ4v) is 1.15. The fraction of sp³-hybridized carbons (Fsp3) is 0.400. The summed E-state index contributed by atoms with van der Waals surface area (Å²) in [5.41, 5.74) is 2.37. The zero-order valence-corrected chi connectivity index (χ0v) is 8.28. The van der Waals surface area contributed by atoms with Crippen LogP contribution in [0.4, 0.5) is 0 Å². The van der Waals surface area contributed by atoms with Crippen LogP contribution in [0.2, 0.25) is 0 Å². The lowest BCUT2D eigenvalue weighted by Gasteiger charge is -2.11. The maximum atomic E-state index is 3.98. The molecule has 70 valence electrons. The molecule has 0 saturated heterocycles. The predicted octanol–water partition coefficient (Wildman–Crippen LogP) is 1.70. The molecular formula is C10H15N3. The van der Waals surface area contributed by atoms with Crippen molar-refractivity contribution >= 4 is 0 Å². The van der Waals surface area contributed by atoms with Crippen molar-refractivity contribution in [2.75, 3.05) is 7.05 Å². The van der Waals surface area contributed by atoms with Gasteiger partial charge in [0.2, 0.25) is 0 Å². The topological polar surface area (TPSA) is 37.8 Å². The van der Waals surface area contributed by atoms with Gasteiger partial charge in [0, 0.05) is 18.0 Å². The second-order valence-electron chi connectivity index (χ2n) is 3.18. The van der Waals surface area contributed by atoms with Crippen LogP contribution in [-0.2, 0) is 0 Å². The number of hydrogen-bond donors (Lipinski definition) is 1. The summed E-state index contributed by atoms with van der Waals surface area (Å²) >= 11 is 0. The fourth-order valence-electron chi connectivity index (χ4n) is 1.15. The Morgan fingerprint density at radius 2 is 2.00 bits per heavy atom. The van der Waals surface area contributed by atoms with E-state index in [1.54, 1.807) is 6.33 Å². The van der Waals surface area contributed by atoms with E-state index in [0.29, 0.717) is 0 Å². The largest absolute Gasteiger partial charge is 0.310 e. The van der Waals surface area contributed by atoms with Crippen molar-refractivity contribution in [1.82, 2.24) is 15.3 Å². The van der Waals surface area contributed by atoms with Gasteiger partial charge in [-0.05, 0) is 20.9 Å². The smallest absolute Gasteiger partial charge is 0.115 e. The second-order valence-corrected chi connectivity index (χ2v) is 3.18. The SMILES string of the molecule is CNC(C=C(C)C)c1cncnc1. The van der Waals surface area contributed by atoms with Crippen molar-refractivity contribution in [3.63, 3.8) is 0 Å². The van der Waals surface area contributed by atoms with Crippen LogP contribution in [0.15, 0.2) is 30.4 Å². The summed E-state index contributed by atoms with van der Waals surface area (Å²) in [6.07, 6.45) is 7.35. The summed E-state index contributed by atoms with van der Waals surface area (Å²) in [7, 11) is 1.93. The van der Waals surface area contributed by atoms with Gasteiger partial charge in [-0.2, -0.15) is 0 Å². The average Bonchev–Trinajstić information content (AvgIpc) is 2.15. The lowest BCUT2D eigenvalue weighted by atomic mass is 10.1. The van der Waals surface area contributed by atoms with E-state index in [0.717, 1.165) is 5.56 Å². The minimum absolute atomic E-state index is 0.214. The Balaban J connectivity index is 2.85. The van der Waals surface area contributed by atoms with E-state index in [9.17, 15) is 0 Å². The van der Waals surface area contributed by atoms with Crippen molar-refractivity contribution in [2.45, 2.75) is 19.9 Å². The molecular weight excluding hydrogens is 162 g/mol. The molecule has 0 aliphatic heterocycles. The summed E-state index contributed by atoms with van der Waals surface area (Å²) in [6, 6.07) is 0.214. The van der Waals surface area contributed by atoms with Crippen molar-refractivity contribution in [2.24, 2.45) is 0 Å². The molecule has 1 aromatic rings. The van der Waals surface area contributed by atoms with Crippen LogP contribution >= 0.6 is 0 Å². The number of nitrogens with one attached hydrogen (secondary N) is 1. The first-order valence-corrected chi connectivity index (χ1v) is 4.31. The van der Waals surface area contributed by atoms with E-state index in [1.165, 1.54) is 5.57 Å². The van der Waals surface area contributed by atoms with E-state index < -0.39 is 0 Å². The Hall–Kier alpha value is -1.22. The summed E-state index contributed by atoms with van der Waals surface area (Å²) in [6.45, 7) is 4.16. The normalized spacial score (nSPS) is 12.2. The summed E-state index contributed by atoms with van der Waals surface area (Å²) < 4.78 is 0. The zero-order valence-electron chi connectivity index (χ0n) is 8.28. The highest BCUT2D eigenvalue weighted by Gasteiger charge is 2.04. The van der Waals surface area contributed by atoms with Crippen LogP contribution in [0, 0.1) is 0 Å². The Bertz CT molecular complexity index is 275. The number of nitrogens with zero attached hydrogens (tertiary/aromatic N) is 2. The van der Waals surface area contributed by atoms with E-state index >= 15 is 0 Å². The van der Waals surface area contributed by atoms with Crippen LogP contribution in [-0.4, -0.2) is 17.0 Å². The number of rotatable bonds is 3. The van der Waals surface area contributed by atoms with Gasteiger partial charge in [0.15, 0.2) is 0 Å². The number of allylic oxidation sites excluding steroid dienone is 1. The molecule has 0 aliphatic carbocycles. The highest BCUT2D eigenvalue weighted by molar-refractivity contribution is 5.17. The minimum Gasteiger partial charge on any atom is -0.310 e. The molecule has 0 amide bonds. The van der Waals surface area contributed by atoms with Crippen LogP contribution in [0.1, 0.15) is 25.5 Å². The molecule has 0 bridgehead atoms.